The van der Waals surface area contributed by atoms with Gasteiger partial charge in [0, 0.05) is 13.6 Å². The van der Waals surface area contributed by atoms with Crippen molar-refractivity contribution in [2.24, 2.45) is 7.05 Å². The predicted octanol–water partition coefficient (Wildman–Crippen LogP) is 1.56. The van der Waals surface area contributed by atoms with Crippen LogP contribution in [0.5, 0.6) is 5.88 Å². The lowest BCUT2D eigenvalue weighted by Gasteiger charge is -2.07. The monoisotopic (exact) mass is 289 g/mol. The highest BCUT2D eigenvalue weighted by atomic mass is 16.5. The minimum Gasteiger partial charge on any atom is -0.481 e. The Labute approximate surface area is 125 Å². The highest BCUT2D eigenvalue weighted by Crippen LogP contribution is 2.20. The Kier molecular flexibility index (Phi) is 5.36. The van der Waals surface area contributed by atoms with Crippen molar-refractivity contribution in [2.45, 2.75) is 26.5 Å². The molecule has 114 valence electrons. The predicted molar refractivity (Wildman–Crippen MR) is 82.3 cm³/mol. The minimum absolute atomic E-state index is 0.0958. The van der Waals surface area contributed by atoms with Crippen LogP contribution in [0, 0.1) is 6.92 Å². The first-order valence-electron chi connectivity index (χ1n) is 7.11. The van der Waals surface area contributed by atoms with E-state index in [0.29, 0.717) is 0 Å². The molecular formula is C16H23N3O2. The number of aliphatic hydroxyl groups excluding tert-OH is 1. The first-order valence-corrected chi connectivity index (χ1v) is 7.11. The zero-order valence-corrected chi connectivity index (χ0v) is 12.9. The molecule has 1 heterocycles. The molecule has 0 amide bonds. The molecule has 2 rings (SSSR count). The number of benzene rings is 1. The first kappa shape index (κ1) is 15.5. The number of ether oxygens (including phenoxy) is 1. The molecule has 0 saturated heterocycles. The van der Waals surface area contributed by atoms with Gasteiger partial charge in [-0.15, -0.1) is 0 Å². The lowest BCUT2D eigenvalue weighted by atomic mass is 10.1. The van der Waals surface area contributed by atoms with Gasteiger partial charge in [0.2, 0.25) is 5.88 Å². The van der Waals surface area contributed by atoms with Crippen molar-refractivity contribution in [3.8, 4) is 5.88 Å². The van der Waals surface area contributed by atoms with E-state index in [9.17, 15) is 0 Å². The normalized spacial score (nSPS) is 10.9. The second-order valence-electron chi connectivity index (χ2n) is 5.10. The van der Waals surface area contributed by atoms with Crippen molar-refractivity contribution in [3.63, 3.8) is 0 Å². The van der Waals surface area contributed by atoms with E-state index in [2.05, 4.69) is 22.5 Å². The Hall–Kier alpha value is -1.85. The van der Waals surface area contributed by atoms with Gasteiger partial charge in [-0.1, -0.05) is 24.3 Å². The second kappa shape index (κ2) is 7.24. The summed E-state index contributed by atoms with van der Waals surface area (Å²) in [7, 11) is 3.56. The summed E-state index contributed by atoms with van der Waals surface area (Å²) in [4.78, 5) is 0. The molecule has 0 aliphatic carbocycles. The lowest BCUT2D eigenvalue weighted by molar-refractivity contribution is 0.282. The second-order valence-corrected chi connectivity index (χ2v) is 5.10. The molecular weight excluding hydrogens is 266 g/mol. The first-order chi connectivity index (χ1) is 10.2. The van der Waals surface area contributed by atoms with Crippen LogP contribution in [-0.2, 0) is 26.6 Å². The third-order valence-electron chi connectivity index (χ3n) is 3.58. The molecule has 0 radical (unpaired) electrons. The fourth-order valence-corrected chi connectivity index (χ4v) is 2.40. The number of aryl methyl sites for hydroxylation is 2. The van der Waals surface area contributed by atoms with E-state index in [-0.39, 0.29) is 6.61 Å². The highest BCUT2D eigenvalue weighted by molar-refractivity contribution is 5.30. The van der Waals surface area contributed by atoms with E-state index in [1.807, 2.05) is 26.1 Å². The number of nitrogens with zero attached hydrogens (tertiary/aromatic N) is 2. The molecule has 1 aromatic carbocycles. The van der Waals surface area contributed by atoms with Crippen LogP contribution < -0.4 is 10.1 Å². The lowest BCUT2D eigenvalue weighted by Crippen LogP contribution is -2.17. The smallest absolute Gasteiger partial charge is 0.216 e. The van der Waals surface area contributed by atoms with Crippen molar-refractivity contribution in [3.05, 3.63) is 46.6 Å². The van der Waals surface area contributed by atoms with Crippen LogP contribution in [0.15, 0.2) is 24.3 Å². The standard InChI is InChI=1S/C16H23N3O2/c1-12-15(16(21-3)19(2)18-12)10-17-9-8-13-4-6-14(11-20)7-5-13/h4-7,17,20H,8-11H2,1-3H3. The van der Waals surface area contributed by atoms with Gasteiger partial charge in [-0.25, -0.2) is 4.68 Å². The average molecular weight is 289 g/mol. The summed E-state index contributed by atoms with van der Waals surface area (Å²) in [6.07, 6.45) is 0.952. The summed E-state index contributed by atoms with van der Waals surface area (Å²) >= 11 is 0. The van der Waals surface area contributed by atoms with Crippen LogP contribution in [0.2, 0.25) is 0 Å². The zero-order valence-electron chi connectivity index (χ0n) is 12.9. The van der Waals surface area contributed by atoms with Crippen molar-refractivity contribution in [2.75, 3.05) is 13.7 Å². The quantitative estimate of drug-likeness (QED) is 0.760. The zero-order chi connectivity index (χ0) is 15.2. The summed E-state index contributed by atoms with van der Waals surface area (Å²) in [5.74, 6) is 0.812. The van der Waals surface area contributed by atoms with Crippen molar-refractivity contribution >= 4 is 0 Å². The van der Waals surface area contributed by atoms with E-state index in [1.165, 1.54) is 5.56 Å². The van der Waals surface area contributed by atoms with Gasteiger partial charge in [-0.05, 0) is 31.0 Å². The van der Waals surface area contributed by atoms with Crippen LogP contribution in [-0.4, -0.2) is 28.5 Å². The topological polar surface area (TPSA) is 59.3 Å². The van der Waals surface area contributed by atoms with Gasteiger partial charge in [0.15, 0.2) is 0 Å². The van der Waals surface area contributed by atoms with Gasteiger partial charge >= 0.3 is 0 Å². The number of methoxy groups -OCH3 is 1. The molecule has 21 heavy (non-hydrogen) atoms. The molecule has 5 nitrogen and oxygen atoms in total. The summed E-state index contributed by atoms with van der Waals surface area (Å²) < 4.78 is 7.14. The van der Waals surface area contributed by atoms with Crippen LogP contribution in [0.25, 0.3) is 0 Å². The molecule has 0 aliphatic rings. The van der Waals surface area contributed by atoms with Crippen molar-refractivity contribution < 1.29 is 9.84 Å². The van der Waals surface area contributed by atoms with Crippen molar-refractivity contribution in [1.29, 1.82) is 0 Å². The van der Waals surface area contributed by atoms with Gasteiger partial charge in [-0.2, -0.15) is 5.10 Å². The Bertz CT molecular complexity index is 576. The molecule has 2 N–H and O–H groups in total. The van der Waals surface area contributed by atoms with E-state index in [4.69, 9.17) is 9.84 Å². The van der Waals surface area contributed by atoms with Gasteiger partial charge in [0.1, 0.15) is 0 Å². The third-order valence-corrected chi connectivity index (χ3v) is 3.58. The van der Waals surface area contributed by atoms with Gasteiger partial charge in [0.05, 0.1) is 25.0 Å². The summed E-state index contributed by atoms with van der Waals surface area (Å²) in [6, 6.07) is 8.04. The molecule has 0 bridgehead atoms. The number of rotatable bonds is 7. The molecule has 0 fully saturated rings. The molecule has 0 unspecified atom stereocenters. The molecule has 2 aromatic rings. The molecule has 1 aromatic heterocycles. The fourth-order valence-electron chi connectivity index (χ4n) is 2.40. The fraction of sp³-hybridized carbons (Fsp3) is 0.438. The van der Waals surface area contributed by atoms with Gasteiger partial charge in [0.25, 0.3) is 0 Å². The van der Waals surface area contributed by atoms with Crippen LogP contribution >= 0.6 is 0 Å². The Morgan fingerprint density at radius 3 is 2.52 bits per heavy atom. The summed E-state index contributed by atoms with van der Waals surface area (Å²) in [5.41, 5.74) is 4.31. The average Bonchev–Trinajstić information content (AvgIpc) is 2.77. The maximum atomic E-state index is 9.01. The van der Waals surface area contributed by atoms with Crippen LogP contribution in [0.4, 0.5) is 0 Å². The number of aromatic nitrogens is 2. The van der Waals surface area contributed by atoms with E-state index >= 15 is 0 Å². The largest absolute Gasteiger partial charge is 0.481 e. The summed E-state index contributed by atoms with van der Waals surface area (Å²) in [5, 5.41) is 16.8. The van der Waals surface area contributed by atoms with E-state index < -0.39 is 0 Å². The molecule has 5 heteroatoms. The molecule has 0 saturated carbocycles. The van der Waals surface area contributed by atoms with Crippen LogP contribution in [0.3, 0.4) is 0 Å². The number of aliphatic hydroxyl groups is 1. The Morgan fingerprint density at radius 2 is 1.90 bits per heavy atom. The van der Waals surface area contributed by atoms with Gasteiger partial charge in [-0.3, -0.25) is 0 Å². The van der Waals surface area contributed by atoms with Crippen LogP contribution in [0.1, 0.15) is 22.4 Å². The Morgan fingerprint density at radius 1 is 1.24 bits per heavy atom. The maximum Gasteiger partial charge on any atom is 0.216 e. The minimum atomic E-state index is 0.0958. The Balaban J connectivity index is 1.84. The molecule has 0 spiro atoms. The summed E-state index contributed by atoms with van der Waals surface area (Å²) in [6.45, 7) is 3.72. The number of nitrogens with one attached hydrogen (secondary N) is 1. The van der Waals surface area contributed by atoms with Crippen molar-refractivity contribution in [1.82, 2.24) is 15.1 Å². The van der Waals surface area contributed by atoms with Gasteiger partial charge < -0.3 is 15.2 Å². The van der Waals surface area contributed by atoms with E-state index in [1.54, 1.807) is 11.8 Å². The third kappa shape index (κ3) is 3.83. The molecule has 0 aliphatic heterocycles. The maximum absolute atomic E-state index is 9.01. The van der Waals surface area contributed by atoms with E-state index in [0.717, 1.165) is 42.2 Å². The highest BCUT2D eigenvalue weighted by Gasteiger charge is 2.12. The molecule has 0 atom stereocenters. The number of hydrogen-bond donors (Lipinski definition) is 2. The SMILES string of the molecule is COc1c(CNCCc2ccc(CO)cc2)c(C)nn1C. The number of hydrogen-bond acceptors (Lipinski definition) is 4.